The van der Waals surface area contributed by atoms with Gasteiger partial charge in [0.05, 0.1) is 12.7 Å². The van der Waals surface area contributed by atoms with Crippen molar-refractivity contribution in [3.05, 3.63) is 0 Å². The summed E-state index contributed by atoms with van der Waals surface area (Å²) in [7, 11) is 0. The van der Waals surface area contributed by atoms with Crippen LogP contribution in [0, 0.1) is 0 Å². The second-order valence-electron chi connectivity index (χ2n) is 1.63. The quantitative estimate of drug-likeness (QED) is 0.749. The van der Waals surface area contributed by atoms with Crippen LogP contribution >= 0.6 is 0 Å². The average molecular weight is 363 g/mol. The van der Waals surface area contributed by atoms with E-state index in [9.17, 15) is 0 Å². The standard InChI is InChI=1S/C5H12O2.No/c1-2-3-5(7)4-6;/h5-7H,2-4H2,1H3;. The molecule has 0 radical (unpaired) electrons. The molecule has 0 heterocycles. The minimum absolute atomic E-state index is 0. The summed E-state index contributed by atoms with van der Waals surface area (Å²) >= 11 is 0. The van der Waals surface area contributed by atoms with Crippen molar-refractivity contribution >= 4 is 0 Å². The van der Waals surface area contributed by atoms with Crippen LogP contribution in [-0.2, 0) is 0 Å². The van der Waals surface area contributed by atoms with Crippen LogP contribution in [0.25, 0.3) is 0 Å². The third-order valence-electron chi connectivity index (χ3n) is 0.833. The van der Waals surface area contributed by atoms with Crippen LogP contribution in [0.1, 0.15) is 19.8 Å². The molecule has 0 aliphatic rings. The molecule has 0 aromatic heterocycles. The van der Waals surface area contributed by atoms with Crippen molar-refractivity contribution in [2.45, 2.75) is 25.9 Å². The Balaban J connectivity index is 0. The van der Waals surface area contributed by atoms with Gasteiger partial charge in [-0.1, -0.05) is 13.3 Å². The van der Waals surface area contributed by atoms with Crippen LogP contribution in [-0.4, -0.2) is 22.9 Å². The van der Waals surface area contributed by atoms with Crippen LogP contribution in [0.3, 0.4) is 0 Å². The molecule has 0 aliphatic carbocycles. The molecule has 0 amide bonds. The van der Waals surface area contributed by atoms with Gasteiger partial charge in [-0.25, -0.2) is 0 Å². The Morgan fingerprint density at radius 2 is 2.00 bits per heavy atom. The van der Waals surface area contributed by atoms with Crippen molar-refractivity contribution in [3.63, 3.8) is 0 Å². The predicted octanol–water partition coefficient (Wildman–Crippen LogP) is 0.140. The Kier molecular flexibility index (Phi) is 7.41. The first-order valence-electron chi connectivity index (χ1n) is 2.60. The summed E-state index contributed by atoms with van der Waals surface area (Å²) in [5.41, 5.74) is 0. The molecule has 0 saturated carbocycles. The molecule has 0 fully saturated rings. The molecule has 0 spiro atoms. The molecule has 2 nitrogen and oxygen atoms in total. The van der Waals surface area contributed by atoms with Crippen LogP contribution in [0.15, 0.2) is 0 Å². The van der Waals surface area contributed by atoms with Gasteiger partial charge >= 0.3 is 0 Å². The first-order chi connectivity index (χ1) is 3.31. The van der Waals surface area contributed by atoms with E-state index >= 15 is 0 Å². The molecule has 0 aromatic rings. The summed E-state index contributed by atoms with van der Waals surface area (Å²) in [5, 5.41) is 16.8. The van der Waals surface area contributed by atoms with Crippen molar-refractivity contribution in [2.24, 2.45) is 0 Å². The Bertz CT molecular complexity index is 41.4. The molecule has 58 valence electrons. The SMILES string of the molecule is CCCC(O)CO.[No]. The van der Waals surface area contributed by atoms with Crippen molar-refractivity contribution in [1.82, 2.24) is 0 Å². The summed E-state index contributed by atoms with van der Waals surface area (Å²) in [6.07, 6.45) is 1.14. The third-order valence-corrected chi connectivity index (χ3v) is 0.833. The fourth-order valence-corrected chi connectivity index (χ4v) is 0.425. The number of hydrogen-bond donors (Lipinski definition) is 2. The zero-order valence-corrected chi connectivity index (χ0v) is 7.09. The maximum Gasteiger partial charge on any atom is 0.0770 e. The van der Waals surface area contributed by atoms with E-state index < -0.39 is 6.10 Å². The maximum atomic E-state index is 8.61. The summed E-state index contributed by atoms with van der Waals surface area (Å²) < 4.78 is 0. The van der Waals surface area contributed by atoms with Gasteiger partial charge in [0.15, 0.2) is 0 Å². The van der Waals surface area contributed by atoms with Crippen molar-refractivity contribution in [1.29, 1.82) is 0 Å². The largest absolute Gasteiger partial charge is 0.394 e. The molecule has 2 N–H and O–H groups in total. The van der Waals surface area contributed by atoms with E-state index in [0.717, 1.165) is 6.42 Å². The molecule has 0 bridgehead atoms. The molecular formula is C5H12NoO2. The van der Waals surface area contributed by atoms with Crippen LogP contribution < -0.4 is 0 Å². The second-order valence-corrected chi connectivity index (χ2v) is 1.63. The summed E-state index contributed by atoms with van der Waals surface area (Å²) in [5.74, 6) is 0. The van der Waals surface area contributed by atoms with Crippen LogP contribution in [0.4, 0.5) is 0 Å². The zero-order valence-electron chi connectivity index (χ0n) is 4.86. The van der Waals surface area contributed by atoms with Gasteiger partial charge in [0, 0.05) is 0 Å². The molecule has 1 unspecified atom stereocenters. The van der Waals surface area contributed by atoms with Gasteiger partial charge in [0.1, 0.15) is 0 Å². The van der Waals surface area contributed by atoms with E-state index in [-0.39, 0.29) is 6.61 Å². The summed E-state index contributed by atoms with van der Waals surface area (Å²) in [6, 6.07) is 0. The average Bonchev–Trinajstić information content (AvgIpc) is 1.68. The van der Waals surface area contributed by atoms with E-state index in [0.29, 0.717) is 6.42 Å². The molecule has 0 saturated heterocycles. The monoisotopic (exact) mass is 363 g/mol. The summed E-state index contributed by atoms with van der Waals surface area (Å²) in [6.45, 7) is 1.87. The first-order valence-corrected chi connectivity index (χ1v) is 2.60. The Labute approximate surface area is 43.8 Å². The fourth-order valence-electron chi connectivity index (χ4n) is 0.425. The van der Waals surface area contributed by atoms with Gasteiger partial charge < -0.3 is 10.2 Å². The maximum absolute atomic E-state index is 8.61. The predicted molar refractivity (Wildman–Crippen MR) is 28.0 cm³/mol. The number of aliphatic hydroxyl groups excluding tert-OH is 2. The Morgan fingerprint density at radius 1 is 1.50 bits per heavy atom. The van der Waals surface area contributed by atoms with Gasteiger partial charge in [-0.2, -0.15) is 0 Å². The minimum Gasteiger partial charge on any atom is -0.394 e. The minimum atomic E-state index is -0.495. The fraction of sp³-hybridized carbons (Fsp3) is 1.00. The van der Waals surface area contributed by atoms with Crippen molar-refractivity contribution in [3.8, 4) is 0 Å². The smallest absolute Gasteiger partial charge is 0.0770 e. The van der Waals surface area contributed by atoms with E-state index in [2.05, 4.69) is 0 Å². The molecule has 0 aromatic carbocycles. The molecular weight excluding hydrogens is 351 g/mol. The topological polar surface area (TPSA) is 40.5 Å². The van der Waals surface area contributed by atoms with Crippen molar-refractivity contribution < 1.29 is 10.2 Å². The van der Waals surface area contributed by atoms with E-state index in [1.807, 2.05) is 6.92 Å². The molecule has 0 aliphatic heterocycles. The van der Waals surface area contributed by atoms with Gasteiger partial charge in [-0.3, -0.25) is 0 Å². The molecule has 1 atom stereocenters. The molecule has 0 rings (SSSR count). The van der Waals surface area contributed by atoms with Gasteiger partial charge in [0.2, 0.25) is 0 Å². The van der Waals surface area contributed by atoms with E-state index in [1.54, 1.807) is 0 Å². The van der Waals surface area contributed by atoms with E-state index in [4.69, 9.17) is 10.2 Å². The molecule has 8 heavy (non-hydrogen) atoms. The van der Waals surface area contributed by atoms with Gasteiger partial charge in [0.25, 0.3) is 0 Å². The Hall–Kier alpha value is -1.08. The van der Waals surface area contributed by atoms with E-state index in [1.165, 1.54) is 0 Å². The molecule has 3 heteroatoms. The summed E-state index contributed by atoms with van der Waals surface area (Å²) in [4.78, 5) is 0. The van der Waals surface area contributed by atoms with Crippen LogP contribution in [0.5, 0.6) is 0 Å². The Morgan fingerprint density at radius 3 is 2.12 bits per heavy atom. The third kappa shape index (κ3) is 4.92. The number of hydrogen-bond acceptors (Lipinski definition) is 2. The second kappa shape index (κ2) is 5.92. The normalized spacial score (nSPS) is 12.4. The number of aliphatic hydroxyl groups is 2. The van der Waals surface area contributed by atoms with Gasteiger partial charge in [-0.15, -0.1) is 0 Å². The van der Waals surface area contributed by atoms with Crippen LogP contribution in [0.2, 0.25) is 0 Å². The first kappa shape index (κ1) is 10.0. The van der Waals surface area contributed by atoms with Gasteiger partial charge in [-0.05, 0) is 6.42 Å². The zero-order chi connectivity index (χ0) is 5.70. The number of rotatable bonds is 3. The van der Waals surface area contributed by atoms with Crippen molar-refractivity contribution in [2.75, 3.05) is 6.61 Å².